The van der Waals surface area contributed by atoms with E-state index in [1.54, 1.807) is 0 Å². The SMILES string of the molecule is CSCCNCCN(C1CCCC1)C(C)(C)C. The molecule has 0 unspecified atom stereocenters. The zero-order valence-corrected chi connectivity index (χ0v) is 12.9. The molecule has 0 amide bonds. The van der Waals surface area contributed by atoms with Gasteiger partial charge in [0.2, 0.25) is 0 Å². The van der Waals surface area contributed by atoms with Crippen LogP contribution in [-0.4, -0.2) is 48.1 Å². The fourth-order valence-electron chi connectivity index (χ4n) is 2.78. The summed E-state index contributed by atoms with van der Waals surface area (Å²) in [5, 5.41) is 3.55. The van der Waals surface area contributed by atoms with Gasteiger partial charge in [-0.3, -0.25) is 4.90 Å². The van der Waals surface area contributed by atoms with E-state index in [4.69, 9.17) is 0 Å². The van der Waals surface area contributed by atoms with E-state index in [0.29, 0.717) is 5.54 Å². The number of nitrogens with zero attached hydrogens (tertiary/aromatic N) is 1. The molecule has 1 fully saturated rings. The van der Waals surface area contributed by atoms with Gasteiger partial charge in [0, 0.05) is 37.0 Å². The first kappa shape index (κ1) is 15.3. The summed E-state index contributed by atoms with van der Waals surface area (Å²) >= 11 is 1.92. The molecule has 0 saturated heterocycles. The fourth-order valence-corrected chi connectivity index (χ4v) is 3.13. The van der Waals surface area contributed by atoms with Crippen molar-refractivity contribution < 1.29 is 0 Å². The molecule has 0 heterocycles. The van der Waals surface area contributed by atoms with Crippen LogP contribution in [0.1, 0.15) is 46.5 Å². The first-order valence-electron chi connectivity index (χ1n) is 7.02. The molecule has 0 aliphatic heterocycles. The monoisotopic (exact) mass is 258 g/mol. The van der Waals surface area contributed by atoms with Gasteiger partial charge < -0.3 is 5.32 Å². The van der Waals surface area contributed by atoms with E-state index in [9.17, 15) is 0 Å². The Morgan fingerprint density at radius 2 is 1.82 bits per heavy atom. The molecule has 3 heteroatoms. The second-order valence-corrected chi connectivity index (χ2v) is 7.03. The summed E-state index contributed by atoms with van der Waals surface area (Å²) in [6, 6.07) is 0.831. The van der Waals surface area contributed by atoms with E-state index in [-0.39, 0.29) is 0 Å². The first-order valence-corrected chi connectivity index (χ1v) is 8.41. The van der Waals surface area contributed by atoms with Gasteiger partial charge in [0.1, 0.15) is 0 Å². The summed E-state index contributed by atoms with van der Waals surface area (Å²) in [7, 11) is 0. The Labute approximate surface area is 112 Å². The van der Waals surface area contributed by atoms with Crippen LogP contribution in [0.5, 0.6) is 0 Å². The molecule has 102 valence electrons. The highest BCUT2D eigenvalue weighted by Gasteiger charge is 2.30. The van der Waals surface area contributed by atoms with E-state index in [1.807, 2.05) is 11.8 Å². The highest BCUT2D eigenvalue weighted by molar-refractivity contribution is 7.98. The average Bonchev–Trinajstić information content (AvgIpc) is 2.74. The molecule has 17 heavy (non-hydrogen) atoms. The van der Waals surface area contributed by atoms with Crippen LogP contribution in [0.4, 0.5) is 0 Å². The standard InChI is InChI=1S/C14H30N2S/c1-14(2,3)16(13-7-5-6-8-13)11-9-15-10-12-17-4/h13,15H,5-12H2,1-4H3. The highest BCUT2D eigenvalue weighted by Crippen LogP contribution is 2.28. The van der Waals surface area contributed by atoms with E-state index in [0.717, 1.165) is 19.1 Å². The van der Waals surface area contributed by atoms with Gasteiger partial charge in [-0.15, -0.1) is 0 Å². The summed E-state index contributed by atoms with van der Waals surface area (Å²) in [5.74, 6) is 1.22. The van der Waals surface area contributed by atoms with Gasteiger partial charge in [-0.2, -0.15) is 11.8 Å². The largest absolute Gasteiger partial charge is 0.315 e. The zero-order valence-electron chi connectivity index (χ0n) is 12.1. The number of hydrogen-bond donors (Lipinski definition) is 1. The minimum absolute atomic E-state index is 0.316. The normalized spacial score (nSPS) is 18.2. The van der Waals surface area contributed by atoms with E-state index in [2.05, 4.69) is 37.2 Å². The lowest BCUT2D eigenvalue weighted by atomic mass is 10.0. The van der Waals surface area contributed by atoms with Crippen LogP contribution in [0.15, 0.2) is 0 Å². The Kier molecular flexibility index (Phi) is 6.90. The first-order chi connectivity index (χ1) is 8.05. The van der Waals surface area contributed by atoms with Gasteiger partial charge in [-0.25, -0.2) is 0 Å². The Morgan fingerprint density at radius 1 is 1.18 bits per heavy atom. The Hall–Kier alpha value is 0.270. The Balaban J connectivity index is 2.31. The molecule has 0 spiro atoms. The molecule has 1 aliphatic rings. The molecule has 0 aromatic heterocycles. The molecule has 1 rings (SSSR count). The summed E-state index contributed by atoms with van der Waals surface area (Å²) in [6.45, 7) is 10.5. The van der Waals surface area contributed by atoms with Crippen LogP contribution >= 0.6 is 11.8 Å². The molecule has 0 radical (unpaired) electrons. The molecule has 1 aliphatic carbocycles. The molecule has 1 N–H and O–H groups in total. The molecular formula is C14H30N2S. The van der Waals surface area contributed by atoms with Gasteiger partial charge in [-0.1, -0.05) is 12.8 Å². The predicted octanol–water partition coefficient (Wildman–Crippen LogP) is 2.98. The Morgan fingerprint density at radius 3 is 2.35 bits per heavy atom. The van der Waals surface area contributed by atoms with Gasteiger partial charge in [0.05, 0.1) is 0 Å². The van der Waals surface area contributed by atoms with Crippen molar-refractivity contribution in [2.75, 3.05) is 31.6 Å². The molecule has 1 saturated carbocycles. The third-order valence-electron chi connectivity index (χ3n) is 3.64. The van der Waals surface area contributed by atoms with Gasteiger partial charge in [-0.05, 0) is 39.9 Å². The zero-order chi connectivity index (χ0) is 12.7. The van der Waals surface area contributed by atoms with Crippen LogP contribution < -0.4 is 5.32 Å². The van der Waals surface area contributed by atoms with Crippen LogP contribution in [0.25, 0.3) is 0 Å². The maximum Gasteiger partial charge on any atom is 0.0128 e. The van der Waals surface area contributed by atoms with Crippen molar-refractivity contribution in [3.63, 3.8) is 0 Å². The minimum Gasteiger partial charge on any atom is -0.315 e. The topological polar surface area (TPSA) is 15.3 Å². The third-order valence-corrected chi connectivity index (χ3v) is 4.25. The van der Waals surface area contributed by atoms with Crippen molar-refractivity contribution in [2.24, 2.45) is 0 Å². The van der Waals surface area contributed by atoms with Crippen molar-refractivity contribution in [3.8, 4) is 0 Å². The third kappa shape index (κ3) is 5.62. The smallest absolute Gasteiger partial charge is 0.0128 e. The number of rotatable bonds is 7. The lowest BCUT2D eigenvalue weighted by Crippen LogP contribution is -2.49. The molecular weight excluding hydrogens is 228 g/mol. The lowest BCUT2D eigenvalue weighted by Gasteiger charge is -2.40. The van der Waals surface area contributed by atoms with E-state index < -0.39 is 0 Å². The number of thioether (sulfide) groups is 1. The second-order valence-electron chi connectivity index (χ2n) is 6.05. The van der Waals surface area contributed by atoms with Crippen molar-refractivity contribution in [1.29, 1.82) is 0 Å². The van der Waals surface area contributed by atoms with Gasteiger partial charge in [0.25, 0.3) is 0 Å². The molecule has 0 aromatic carbocycles. The van der Waals surface area contributed by atoms with Crippen molar-refractivity contribution >= 4 is 11.8 Å². The minimum atomic E-state index is 0.316. The van der Waals surface area contributed by atoms with Crippen molar-refractivity contribution in [1.82, 2.24) is 10.2 Å². The maximum absolute atomic E-state index is 3.55. The van der Waals surface area contributed by atoms with E-state index >= 15 is 0 Å². The predicted molar refractivity (Wildman–Crippen MR) is 80.0 cm³/mol. The lowest BCUT2D eigenvalue weighted by molar-refractivity contribution is 0.0856. The van der Waals surface area contributed by atoms with Crippen LogP contribution in [0, 0.1) is 0 Å². The number of nitrogens with one attached hydrogen (secondary N) is 1. The summed E-state index contributed by atoms with van der Waals surface area (Å²) in [5.41, 5.74) is 0.316. The van der Waals surface area contributed by atoms with Gasteiger partial charge in [0.15, 0.2) is 0 Å². The molecule has 0 atom stereocenters. The molecule has 2 nitrogen and oxygen atoms in total. The highest BCUT2D eigenvalue weighted by atomic mass is 32.2. The van der Waals surface area contributed by atoms with Gasteiger partial charge >= 0.3 is 0 Å². The molecule has 0 bridgehead atoms. The summed E-state index contributed by atoms with van der Waals surface area (Å²) in [4.78, 5) is 2.71. The Bertz CT molecular complexity index is 195. The van der Waals surface area contributed by atoms with Crippen molar-refractivity contribution in [3.05, 3.63) is 0 Å². The van der Waals surface area contributed by atoms with Crippen LogP contribution in [0.2, 0.25) is 0 Å². The van der Waals surface area contributed by atoms with E-state index in [1.165, 1.54) is 38.0 Å². The van der Waals surface area contributed by atoms with Crippen LogP contribution in [-0.2, 0) is 0 Å². The average molecular weight is 258 g/mol. The second kappa shape index (κ2) is 7.65. The summed E-state index contributed by atoms with van der Waals surface area (Å²) in [6.07, 6.45) is 7.83. The van der Waals surface area contributed by atoms with Crippen molar-refractivity contribution in [2.45, 2.75) is 58.0 Å². The van der Waals surface area contributed by atoms with Crippen LogP contribution in [0.3, 0.4) is 0 Å². The quantitative estimate of drug-likeness (QED) is 0.707. The maximum atomic E-state index is 3.55. The fraction of sp³-hybridized carbons (Fsp3) is 1.00. The summed E-state index contributed by atoms with van der Waals surface area (Å²) < 4.78 is 0. The number of hydrogen-bond acceptors (Lipinski definition) is 3. The molecule has 0 aromatic rings.